The van der Waals surface area contributed by atoms with Crippen LogP contribution in [-0.4, -0.2) is 21.2 Å². The van der Waals surface area contributed by atoms with Gasteiger partial charge in [-0.15, -0.1) is 0 Å². The van der Waals surface area contributed by atoms with Crippen LogP contribution in [0.2, 0.25) is 5.15 Å². The number of rotatable bonds is 1. The topological polar surface area (TPSA) is 70.4 Å². The van der Waals surface area contributed by atoms with E-state index in [9.17, 15) is 9.90 Å². The summed E-state index contributed by atoms with van der Waals surface area (Å²) in [4.78, 5) is 14.6. The number of carboxylic acids is 1. The molecule has 0 aliphatic carbocycles. The van der Waals surface area contributed by atoms with Crippen molar-refractivity contribution in [1.29, 1.82) is 0 Å². The van der Waals surface area contributed by atoms with E-state index in [1.165, 1.54) is 24.4 Å². The van der Waals surface area contributed by atoms with Crippen LogP contribution in [-0.2, 0) is 0 Å². The highest BCUT2D eigenvalue weighted by Gasteiger charge is 2.13. The van der Waals surface area contributed by atoms with Gasteiger partial charge in [0.1, 0.15) is 16.5 Å². The van der Waals surface area contributed by atoms with Crippen LogP contribution in [0.15, 0.2) is 24.4 Å². The number of nitrogens with zero attached hydrogens (tertiary/aromatic N) is 1. The standard InChI is InChI=1S/C10H6ClNO3/c11-9-6-1-2-7(10(14)15)8(13)5(6)3-4-12-9/h1-4,13H,(H,14,15). The van der Waals surface area contributed by atoms with Crippen LogP contribution in [0.4, 0.5) is 0 Å². The second-order valence-electron chi connectivity index (χ2n) is 2.96. The molecule has 0 unspecified atom stereocenters. The van der Waals surface area contributed by atoms with Crippen molar-refractivity contribution >= 4 is 28.3 Å². The van der Waals surface area contributed by atoms with Gasteiger partial charge in [0.05, 0.1) is 0 Å². The minimum absolute atomic E-state index is 0.148. The average molecular weight is 224 g/mol. The minimum atomic E-state index is -1.18. The van der Waals surface area contributed by atoms with Crippen molar-refractivity contribution in [2.24, 2.45) is 0 Å². The van der Waals surface area contributed by atoms with E-state index in [1.54, 1.807) is 0 Å². The molecule has 15 heavy (non-hydrogen) atoms. The summed E-state index contributed by atoms with van der Waals surface area (Å²) in [5, 5.41) is 19.6. The summed E-state index contributed by atoms with van der Waals surface area (Å²) < 4.78 is 0. The zero-order valence-electron chi connectivity index (χ0n) is 7.44. The molecule has 0 aliphatic rings. The lowest BCUT2D eigenvalue weighted by Gasteiger charge is -2.04. The van der Waals surface area contributed by atoms with E-state index in [2.05, 4.69) is 4.98 Å². The number of pyridine rings is 1. The zero-order valence-corrected chi connectivity index (χ0v) is 8.19. The second kappa shape index (κ2) is 3.40. The molecule has 0 saturated heterocycles. The average Bonchev–Trinajstić information content (AvgIpc) is 2.19. The third kappa shape index (κ3) is 1.49. The maximum Gasteiger partial charge on any atom is 0.339 e. The Hall–Kier alpha value is -1.81. The summed E-state index contributed by atoms with van der Waals surface area (Å²) in [6.07, 6.45) is 1.41. The summed E-state index contributed by atoms with van der Waals surface area (Å²) in [5.41, 5.74) is -0.148. The van der Waals surface area contributed by atoms with Gasteiger partial charge in [-0.25, -0.2) is 9.78 Å². The van der Waals surface area contributed by atoms with Gasteiger partial charge >= 0.3 is 5.97 Å². The summed E-state index contributed by atoms with van der Waals surface area (Å²) in [6.45, 7) is 0. The van der Waals surface area contributed by atoms with Crippen molar-refractivity contribution in [1.82, 2.24) is 4.98 Å². The Morgan fingerprint density at radius 1 is 1.27 bits per heavy atom. The molecule has 0 amide bonds. The van der Waals surface area contributed by atoms with Gasteiger partial charge in [-0.3, -0.25) is 0 Å². The summed E-state index contributed by atoms with van der Waals surface area (Å²) >= 11 is 5.79. The van der Waals surface area contributed by atoms with Crippen LogP contribution in [0.1, 0.15) is 10.4 Å². The smallest absolute Gasteiger partial charge is 0.339 e. The van der Waals surface area contributed by atoms with Crippen molar-refractivity contribution < 1.29 is 15.0 Å². The van der Waals surface area contributed by atoms with E-state index in [-0.39, 0.29) is 16.5 Å². The van der Waals surface area contributed by atoms with Crippen LogP contribution in [0.5, 0.6) is 5.75 Å². The number of hydrogen-bond acceptors (Lipinski definition) is 3. The number of hydrogen-bond donors (Lipinski definition) is 2. The van der Waals surface area contributed by atoms with E-state index in [1.807, 2.05) is 0 Å². The molecule has 0 aliphatic heterocycles. The lowest BCUT2D eigenvalue weighted by Crippen LogP contribution is -1.97. The fourth-order valence-electron chi connectivity index (χ4n) is 1.38. The van der Waals surface area contributed by atoms with Crippen molar-refractivity contribution in [2.45, 2.75) is 0 Å². The van der Waals surface area contributed by atoms with E-state index in [4.69, 9.17) is 16.7 Å². The van der Waals surface area contributed by atoms with Crippen molar-refractivity contribution in [2.75, 3.05) is 0 Å². The Bertz CT molecular complexity index is 554. The van der Waals surface area contributed by atoms with Crippen LogP contribution < -0.4 is 0 Å². The molecule has 1 aromatic carbocycles. The maximum atomic E-state index is 10.7. The number of carbonyl (C=O) groups is 1. The van der Waals surface area contributed by atoms with Crippen molar-refractivity contribution in [3.63, 3.8) is 0 Å². The number of carboxylic acid groups (broad SMARTS) is 1. The molecular weight excluding hydrogens is 218 g/mol. The summed E-state index contributed by atoms with van der Waals surface area (Å²) in [7, 11) is 0. The monoisotopic (exact) mass is 223 g/mol. The lowest BCUT2D eigenvalue weighted by atomic mass is 10.1. The molecule has 0 bridgehead atoms. The molecule has 0 spiro atoms. The van der Waals surface area contributed by atoms with Gasteiger partial charge in [-0.05, 0) is 12.1 Å². The van der Waals surface area contributed by atoms with Gasteiger partial charge in [-0.2, -0.15) is 0 Å². The molecule has 1 heterocycles. The van der Waals surface area contributed by atoms with E-state index >= 15 is 0 Å². The maximum absolute atomic E-state index is 10.7. The number of aromatic hydroxyl groups is 1. The third-order valence-corrected chi connectivity index (χ3v) is 2.40. The van der Waals surface area contributed by atoms with Gasteiger partial charge in [-0.1, -0.05) is 17.7 Å². The molecule has 2 rings (SSSR count). The number of aromatic carboxylic acids is 1. The van der Waals surface area contributed by atoms with Crippen molar-refractivity contribution in [3.8, 4) is 5.75 Å². The first-order valence-corrected chi connectivity index (χ1v) is 4.48. The molecule has 4 nitrogen and oxygen atoms in total. The van der Waals surface area contributed by atoms with E-state index in [0.29, 0.717) is 10.8 Å². The number of aromatic nitrogens is 1. The first-order valence-electron chi connectivity index (χ1n) is 4.10. The lowest BCUT2D eigenvalue weighted by molar-refractivity contribution is 0.0694. The van der Waals surface area contributed by atoms with Gasteiger partial charge in [0.25, 0.3) is 0 Å². The largest absolute Gasteiger partial charge is 0.506 e. The Morgan fingerprint density at radius 3 is 2.67 bits per heavy atom. The van der Waals surface area contributed by atoms with Gasteiger partial charge in [0.15, 0.2) is 0 Å². The quantitative estimate of drug-likeness (QED) is 0.728. The molecule has 0 atom stereocenters. The fourth-order valence-corrected chi connectivity index (χ4v) is 1.60. The van der Waals surface area contributed by atoms with Gasteiger partial charge < -0.3 is 10.2 Å². The predicted octanol–water partition coefficient (Wildman–Crippen LogP) is 2.29. The number of benzene rings is 1. The van der Waals surface area contributed by atoms with Crippen LogP contribution in [0.25, 0.3) is 10.8 Å². The minimum Gasteiger partial charge on any atom is -0.506 e. The SMILES string of the molecule is O=C(O)c1ccc2c(Cl)nccc2c1O. The first kappa shape index (κ1) is 9.73. The Balaban J connectivity index is 2.86. The molecular formula is C10H6ClNO3. The van der Waals surface area contributed by atoms with Gasteiger partial charge in [0, 0.05) is 17.0 Å². The Labute approximate surface area is 89.8 Å². The molecule has 0 fully saturated rings. The Kier molecular flexibility index (Phi) is 2.21. The van der Waals surface area contributed by atoms with E-state index in [0.717, 1.165) is 0 Å². The van der Waals surface area contributed by atoms with Gasteiger partial charge in [0.2, 0.25) is 0 Å². The molecule has 5 heteroatoms. The molecule has 76 valence electrons. The number of fused-ring (bicyclic) bond motifs is 1. The molecule has 0 saturated carbocycles. The number of phenols is 1. The summed E-state index contributed by atoms with van der Waals surface area (Å²) in [5.74, 6) is -1.47. The third-order valence-electron chi connectivity index (χ3n) is 2.10. The normalized spacial score (nSPS) is 10.5. The molecule has 2 aromatic rings. The molecule has 0 radical (unpaired) electrons. The van der Waals surface area contributed by atoms with Crippen LogP contribution in [0.3, 0.4) is 0 Å². The fraction of sp³-hybridized carbons (Fsp3) is 0. The molecule has 1 aromatic heterocycles. The zero-order chi connectivity index (χ0) is 11.0. The Morgan fingerprint density at radius 2 is 2.00 bits per heavy atom. The summed E-state index contributed by atoms with van der Waals surface area (Å²) in [6, 6.07) is 4.34. The van der Waals surface area contributed by atoms with Crippen LogP contribution >= 0.6 is 11.6 Å². The van der Waals surface area contributed by atoms with E-state index < -0.39 is 5.97 Å². The highest BCUT2D eigenvalue weighted by atomic mass is 35.5. The number of halogens is 1. The highest BCUT2D eigenvalue weighted by molar-refractivity contribution is 6.34. The first-order chi connectivity index (χ1) is 7.11. The molecule has 2 N–H and O–H groups in total. The predicted molar refractivity (Wildman–Crippen MR) is 55.4 cm³/mol. The second-order valence-corrected chi connectivity index (χ2v) is 3.32. The highest BCUT2D eigenvalue weighted by Crippen LogP contribution is 2.31. The van der Waals surface area contributed by atoms with Crippen LogP contribution in [0, 0.1) is 0 Å². The van der Waals surface area contributed by atoms with Crippen molar-refractivity contribution in [3.05, 3.63) is 35.1 Å².